The van der Waals surface area contributed by atoms with E-state index in [0.29, 0.717) is 26.3 Å². The minimum Gasteiger partial charge on any atom is -0.488 e. The van der Waals surface area contributed by atoms with Crippen molar-refractivity contribution in [2.75, 3.05) is 13.1 Å². The van der Waals surface area contributed by atoms with Gasteiger partial charge in [-0.05, 0) is 35.4 Å². The summed E-state index contributed by atoms with van der Waals surface area (Å²) in [4.78, 5) is 8.98. The lowest BCUT2D eigenvalue weighted by molar-refractivity contribution is 0.302. The van der Waals surface area contributed by atoms with Gasteiger partial charge in [-0.15, -0.1) is 0 Å². The van der Waals surface area contributed by atoms with E-state index in [4.69, 9.17) is 9.47 Å². The Morgan fingerprint density at radius 3 is 1.43 bits per heavy atom. The molecule has 2 aliphatic heterocycles. The van der Waals surface area contributed by atoms with Gasteiger partial charge in [0.25, 0.3) is 0 Å². The van der Waals surface area contributed by atoms with Gasteiger partial charge < -0.3 is 9.47 Å². The number of benzene rings is 3. The lowest BCUT2D eigenvalue weighted by atomic mass is 10.1. The molecule has 28 heavy (non-hydrogen) atoms. The molecule has 0 aromatic heterocycles. The van der Waals surface area contributed by atoms with Gasteiger partial charge in [-0.25, -0.2) is 0 Å². The predicted molar refractivity (Wildman–Crippen MR) is 113 cm³/mol. The molecule has 0 N–H and O–H groups in total. The van der Waals surface area contributed by atoms with Crippen molar-refractivity contribution >= 4 is 12.4 Å². The minimum absolute atomic E-state index is 0.513. The fourth-order valence-corrected chi connectivity index (χ4v) is 2.93. The lowest BCUT2D eigenvalue weighted by Gasteiger charge is -2.11. The summed E-state index contributed by atoms with van der Waals surface area (Å²) in [5.41, 5.74) is 4.18. The number of hydrogen-bond donors (Lipinski definition) is 0. The number of para-hydroxylation sites is 2. The van der Waals surface area contributed by atoms with E-state index >= 15 is 0 Å². The number of hydrogen-bond acceptors (Lipinski definition) is 4. The standard InChI is InChI=1S/C24H22N2O2/c1-3-7-23-21(5-1)15-25-13-14-26-16-22-6-2-4-8-24(22)28-18-20-11-9-19(10-12-20)17-27-23/h1-12,15-16H,13-14,17-18H2. The summed E-state index contributed by atoms with van der Waals surface area (Å²) >= 11 is 0. The summed E-state index contributed by atoms with van der Waals surface area (Å²) in [6.45, 7) is 2.27. The molecule has 2 bridgehead atoms. The zero-order valence-electron chi connectivity index (χ0n) is 15.6. The van der Waals surface area contributed by atoms with E-state index in [0.717, 1.165) is 33.8 Å². The minimum atomic E-state index is 0.513. The van der Waals surface area contributed by atoms with Crippen LogP contribution in [0.1, 0.15) is 22.3 Å². The van der Waals surface area contributed by atoms with Crippen LogP contribution < -0.4 is 9.47 Å². The highest BCUT2D eigenvalue weighted by molar-refractivity contribution is 5.84. The number of nitrogens with zero attached hydrogens (tertiary/aromatic N) is 2. The molecule has 0 radical (unpaired) electrons. The quantitative estimate of drug-likeness (QED) is 0.576. The third-order valence-electron chi connectivity index (χ3n) is 4.47. The average Bonchev–Trinajstić information content (AvgIpc) is 2.75. The number of aliphatic imine (C=N–C) groups is 2. The second-order valence-electron chi connectivity index (χ2n) is 6.54. The van der Waals surface area contributed by atoms with Crippen LogP contribution in [0.3, 0.4) is 0 Å². The summed E-state index contributed by atoms with van der Waals surface area (Å²) in [5.74, 6) is 1.66. The maximum atomic E-state index is 6.01. The van der Waals surface area contributed by atoms with Gasteiger partial charge in [-0.2, -0.15) is 0 Å². The van der Waals surface area contributed by atoms with E-state index in [1.54, 1.807) is 0 Å². The van der Waals surface area contributed by atoms with Gasteiger partial charge in [0, 0.05) is 23.6 Å². The van der Waals surface area contributed by atoms with E-state index < -0.39 is 0 Å². The Bertz CT molecular complexity index is 897. The third-order valence-corrected chi connectivity index (χ3v) is 4.47. The summed E-state index contributed by atoms with van der Waals surface area (Å²) in [7, 11) is 0. The molecule has 2 heterocycles. The van der Waals surface area contributed by atoms with Crippen molar-refractivity contribution in [3.63, 3.8) is 0 Å². The fourth-order valence-electron chi connectivity index (χ4n) is 2.93. The first-order chi connectivity index (χ1) is 13.9. The summed E-state index contributed by atoms with van der Waals surface area (Å²) < 4.78 is 12.0. The predicted octanol–water partition coefficient (Wildman–Crippen LogP) is 4.70. The first-order valence-electron chi connectivity index (χ1n) is 9.39. The fraction of sp³-hybridized carbons (Fsp3) is 0.167. The van der Waals surface area contributed by atoms with Gasteiger partial charge in [0.05, 0.1) is 13.1 Å². The van der Waals surface area contributed by atoms with E-state index in [1.165, 1.54) is 0 Å². The number of rotatable bonds is 0. The highest BCUT2D eigenvalue weighted by Gasteiger charge is 2.04. The van der Waals surface area contributed by atoms with Crippen LogP contribution in [0.15, 0.2) is 82.8 Å². The van der Waals surface area contributed by atoms with Crippen molar-refractivity contribution in [3.8, 4) is 11.5 Å². The molecule has 4 nitrogen and oxygen atoms in total. The maximum absolute atomic E-state index is 6.01. The van der Waals surface area contributed by atoms with Crippen LogP contribution in [0.4, 0.5) is 0 Å². The molecule has 2 aliphatic rings. The van der Waals surface area contributed by atoms with Crippen LogP contribution >= 0.6 is 0 Å². The van der Waals surface area contributed by atoms with Crippen molar-refractivity contribution in [1.82, 2.24) is 0 Å². The average molecular weight is 370 g/mol. The molecular weight excluding hydrogens is 348 g/mol. The molecule has 0 spiro atoms. The van der Waals surface area contributed by atoms with Gasteiger partial charge in [0.1, 0.15) is 24.7 Å². The van der Waals surface area contributed by atoms with Crippen LogP contribution in [0, 0.1) is 0 Å². The molecular formula is C24H22N2O2. The molecule has 0 unspecified atom stereocenters. The number of fused-ring (bicyclic) bond motifs is 7. The zero-order valence-corrected chi connectivity index (χ0v) is 15.6. The van der Waals surface area contributed by atoms with Crippen molar-refractivity contribution < 1.29 is 9.47 Å². The topological polar surface area (TPSA) is 43.2 Å². The first-order valence-corrected chi connectivity index (χ1v) is 9.39. The second kappa shape index (κ2) is 9.00. The summed E-state index contributed by atoms with van der Waals surface area (Å²) in [6.07, 6.45) is 3.71. The Morgan fingerprint density at radius 1 is 0.536 bits per heavy atom. The summed E-state index contributed by atoms with van der Waals surface area (Å²) in [6, 6.07) is 24.2. The van der Waals surface area contributed by atoms with E-state index in [-0.39, 0.29) is 0 Å². The van der Waals surface area contributed by atoms with E-state index in [1.807, 2.05) is 61.0 Å². The Morgan fingerprint density at radius 2 is 0.964 bits per heavy atom. The second-order valence-corrected chi connectivity index (χ2v) is 6.54. The Balaban J connectivity index is 1.61. The van der Waals surface area contributed by atoms with Gasteiger partial charge in [0.2, 0.25) is 0 Å². The molecule has 0 fully saturated rings. The van der Waals surface area contributed by atoms with E-state index in [9.17, 15) is 0 Å². The Labute approximate surface area is 165 Å². The zero-order chi connectivity index (χ0) is 19.0. The molecule has 0 saturated heterocycles. The van der Waals surface area contributed by atoms with E-state index in [2.05, 4.69) is 34.3 Å². The first kappa shape index (κ1) is 18.0. The molecule has 3 aromatic carbocycles. The molecule has 140 valence electrons. The van der Waals surface area contributed by atoms with Crippen molar-refractivity contribution in [2.45, 2.75) is 13.2 Å². The SMILES string of the molecule is C1=NCCN=Cc2ccccc2OCc2ccc(cc2)COc2ccccc21. The molecule has 3 aromatic rings. The van der Waals surface area contributed by atoms with Gasteiger partial charge in [0.15, 0.2) is 0 Å². The molecule has 5 rings (SSSR count). The van der Waals surface area contributed by atoms with Gasteiger partial charge >= 0.3 is 0 Å². The highest BCUT2D eigenvalue weighted by Crippen LogP contribution is 2.20. The van der Waals surface area contributed by atoms with Crippen LogP contribution in [-0.4, -0.2) is 25.5 Å². The van der Waals surface area contributed by atoms with Gasteiger partial charge in [-0.1, -0.05) is 48.5 Å². The van der Waals surface area contributed by atoms with Crippen LogP contribution in [0.2, 0.25) is 0 Å². The highest BCUT2D eigenvalue weighted by atomic mass is 16.5. The van der Waals surface area contributed by atoms with Crippen LogP contribution in [-0.2, 0) is 13.2 Å². The lowest BCUT2D eigenvalue weighted by Crippen LogP contribution is -2.01. The Kier molecular flexibility index (Phi) is 5.78. The van der Waals surface area contributed by atoms with Crippen molar-refractivity contribution in [2.24, 2.45) is 9.98 Å². The third kappa shape index (κ3) is 4.65. The monoisotopic (exact) mass is 370 g/mol. The molecule has 0 aliphatic carbocycles. The molecule has 0 atom stereocenters. The number of ether oxygens (including phenoxy) is 2. The molecule has 4 heteroatoms. The normalized spacial score (nSPS) is 14.1. The van der Waals surface area contributed by atoms with Crippen LogP contribution in [0.25, 0.3) is 0 Å². The smallest absolute Gasteiger partial charge is 0.128 e. The molecule has 0 amide bonds. The van der Waals surface area contributed by atoms with Crippen LogP contribution in [0.5, 0.6) is 11.5 Å². The molecule has 0 saturated carbocycles. The van der Waals surface area contributed by atoms with Gasteiger partial charge in [-0.3, -0.25) is 9.98 Å². The summed E-state index contributed by atoms with van der Waals surface area (Å²) in [5, 5.41) is 0. The van der Waals surface area contributed by atoms with Crippen molar-refractivity contribution in [1.29, 1.82) is 0 Å². The maximum Gasteiger partial charge on any atom is 0.128 e. The van der Waals surface area contributed by atoms with Crippen molar-refractivity contribution in [3.05, 3.63) is 95.1 Å². The Hall–Kier alpha value is -3.40. The largest absolute Gasteiger partial charge is 0.488 e.